The summed E-state index contributed by atoms with van der Waals surface area (Å²) in [5.41, 5.74) is 5.68. The van der Waals surface area contributed by atoms with Gasteiger partial charge in [0.05, 0.1) is 31.7 Å². The molecule has 3 aliphatic heterocycles. The van der Waals surface area contributed by atoms with Crippen LogP contribution in [0.3, 0.4) is 0 Å². The van der Waals surface area contributed by atoms with E-state index >= 15 is 0 Å². The highest BCUT2D eigenvalue weighted by atomic mass is 19.1. The van der Waals surface area contributed by atoms with E-state index in [0.29, 0.717) is 25.0 Å². The quantitative estimate of drug-likeness (QED) is 0.591. The molecule has 0 saturated carbocycles. The summed E-state index contributed by atoms with van der Waals surface area (Å²) in [6.45, 7) is 3.95. The number of piperidine rings is 3. The Kier molecular flexibility index (Phi) is 5.18. The Bertz CT molecular complexity index is 792. The van der Waals surface area contributed by atoms with Crippen molar-refractivity contribution in [1.29, 1.82) is 0 Å². The second kappa shape index (κ2) is 7.74. The summed E-state index contributed by atoms with van der Waals surface area (Å²) in [6.07, 6.45) is 4.12. The van der Waals surface area contributed by atoms with Crippen molar-refractivity contribution in [2.24, 2.45) is 11.8 Å². The lowest BCUT2D eigenvalue weighted by Gasteiger charge is -2.46. The number of nitrogens with zero attached hydrogens (tertiary/aromatic N) is 3. The molecule has 4 atom stereocenters. The summed E-state index contributed by atoms with van der Waals surface area (Å²) in [5.74, 6) is 0.361. The van der Waals surface area contributed by atoms with Gasteiger partial charge in [0, 0.05) is 19.4 Å². The molecule has 2 bridgehead atoms. The van der Waals surface area contributed by atoms with Gasteiger partial charge in [0.2, 0.25) is 5.91 Å². The third-order valence-corrected chi connectivity index (χ3v) is 6.02. The van der Waals surface area contributed by atoms with Crippen molar-refractivity contribution in [2.45, 2.75) is 38.5 Å². The van der Waals surface area contributed by atoms with E-state index in [-0.39, 0.29) is 17.6 Å². The predicted octanol–water partition coefficient (Wildman–Crippen LogP) is -1.23. The molecule has 8 heteroatoms. The van der Waals surface area contributed by atoms with Crippen molar-refractivity contribution in [3.05, 3.63) is 47.5 Å². The molecular formula is C19H27FN6O+2. The average Bonchev–Trinajstić information content (AvgIpc) is 3.15. The Morgan fingerprint density at radius 1 is 1.37 bits per heavy atom. The zero-order valence-electron chi connectivity index (χ0n) is 15.4. The van der Waals surface area contributed by atoms with Crippen molar-refractivity contribution in [3.63, 3.8) is 0 Å². The van der Waals surface area contributed by atoms with Crippen LogP contribution in [0.4, 0.5) is 4.39 Å². The van der Waals surface area contributed by atoms with Gasteiger partial charge in [-0.1, -0.05) is 17.3 Å². The van der Waals surface area contributed by atoms with Crippen LogP contribution >= 0.6 is 0 Å². The van der Waals surface area contributed by atoms with Gasteiger partial charge in [0.1, 0.15) is 24.1 Å². The second-order valence-corrected chi connectivity index (χ2v) is 7.73. The molecule has 3 fully saturated rings. The number of hydrogen-bond donors (Lipinski definition) is 3. The van der Waals surface area contributed by atoms with Crippen LogP contribution in [0.2, 0.25) is 0 Å². The Morgan fingerprint density at radius 3 is 2.85 bits per heavy atom. The first kappa shape index (κ1) is 18.1. The summed E-state index contributed by atoms with van der Waals surface area (Å²) in [4.78, 5) is 14.2. The van der Waals surface area contributed by atoms with E-state index in [9.17, 15) is 9.18 Å². The molecule has 1 amide bonds. The molecule has 4 heterocycles. The summed E-state index contributed by atoms with van der Waals surface area (Å²) in [7, 11) is 0. The van der Waals surface area contributed by atoms with E-state index in [2.05, 4.69) is 21.4 Å². The van der Waals surface area contributed by atoms with Crippen molar-refractivity contribution >= 4 is 5.91 Å². The van der Waals surface area contributed by atoms with E-state index in [1.54, 1.807) is 12.1 Å². The Balaban J connectivity index is 1.32. The van der Waals surface area contributed by atoms with Crippen LogP contribution < -0.4 is 16.0 Å². The van der Waals surface area contributed by atoms with E-state index in [1.165, 1.54) is 17.0 Å². The molecule has 5 rings (SSSR count). The molecule has 27 heavy (non-hydrogen) atoms. The van der Waals surface area contributed by atoms with E-state index in [0.717, 1.165) is 43.7 Å². The van der Waals surface area contributed by atoms with Crippen LogP contribution in [0, 0.1) is 17.7 Å². The smallest absolute Gasteiger partial charge is 0.229 e. The van der Waals surface area contributed by atoms with Crippen LogP contribution in [0.1, 0.15) is 24.1 Å². The minimum atomic E-state index is -0.258. The molecule has 7 nitrogen and oxygen atoms in total. The molecule has 2 aromatic rings. The molecule has 3 saturated heterocycles. The maximum absolute atomic E-state index is 13.0. The van der Waals surface area contributed by atoms with Gasteiger partial charge >= 0.3 is 0 Å². The van der Waals surface area contributed by atoms with Crippen molar-refractivity contribution < 1.29 is 19.8 Å². The summed E-state index contributed by atoms with van der Waals surface area (Å²) < 4.78 is 14.9. The Hall–Kier alpha value is -2.32. The first-order valence-electron chi connectivity index (χ1n) is 9.67. The number of halogens is 1. The fourth-order valence-electron chi connectivity index (χ4n) is 4.51. The number of hydrogen-bond acceptors (Lipinski definition) is 3. The lowest BCUT2D eigenvalue weighted by molar-refractivity contribution is -0.945. The number of nitrogens with one attached hydrogen (secondary N) is 2. The van der Waals surface area contributed by atoms with Gasteiger partial charge in [-0.2, -0.15) is 0 Å². The van der Waals surface area contributed by atoms with Gasteiger partial charge in [-0.05, 0) is 23.6 Å². The van der Waals surface area contributed by atoms with E-state index in [1.807, 2.05) is 10.9 Å². The zero-order valence-corrected chi connectivity index (χ0v) is 15.4. The van der Waals surface area contributed by atoms with Gasteiger partial charge in [-0.25, -0.2) is 9.07 Å². The normalized spacial score (nSPS) is 26.9. The van der Waals surface area contributed by atoms with E-state index in [4.69, 9.17) is 0 Å². The fourth-order valence-corrected chi connectivity index (χ4v) is 4.51. The molecule has 5 N–H and O–H groups in total. The molecule has 144 valence electrons. The summed E-state index contributed by atoms with van der Waals surface area (Å²) >= 11 is 0. The minimum absolute atomic E-state index is 0.0663. The molecule has 1 aromatic heterocycles. The third-order valence-electron chi connectivity index (χ3n) is 6.02. The van der Waals surface area contributed by atoms with Crippen molar-refractivity contribution in [3.8, 4) is 0 Å². The first-order chi connectivity index (χ1) is 13.1. The molecule has 1 aromatic carbocycles. The first-order valence-corrected chi connectivity index (χ1v) is 9.67. The number of carbonyl (C=O) groups excluding carboxylic acids is 1. The Morgan fingerprint density at radius 2 is 2.19 bits per heavy atom. The van der Waals surface area contributed by atoms with E-state index < -0.39 is 0 Å². The topological polar surface area (TPSA) is 91.9 Å². The highest BCUT2D eigenvalue weighted by Crippen LogP contribution is 2.27. The molecule has 0 radical (unpaired) electrons. The molecule has 1 unspecified atom stereocenters. The SMILES string of the molecule is [NH3+]Cc1cn(C[C@H]2C[C@@H]3CC[NH+]2C[C@@H]3C(=O)NCc2ccc(F)cc2)nn1. The van der Waals surface area contributed by atoms with Gasteiger partial charge < -0.3 is 16.0 Å². The van der Waals surface area contributed by atoms with Gasteiger partial charge in [-0.3, -0.25) is 4.79 Å². The number of rotatable bonds is 6. The molecule has 0 aliphatic carbocycles. The highest BCUT2D eigenvalue weighted by molar-refractivity contribution is 5.79. The van der Waals surface area contributed by atoms with Crippen molar-refractivity contribution in [1.82, 2.24) is 20.3 Å². The maximum Gasteiger partial charge on any atom is 0.229 e. The standard InChI is InChI=1S/C19H25FN6O/c20-15-3-1-13(2-4-15)9-22-19(27)18-12-25-6-5-14(18)7-17(25)11-26-10-16(8-21)23-24-26/h1-4,10,14,17-18H,5-9,11-12,21H2,(H,22,27)/p+2/t14-,17+,18-/m0/s1. The predicted molar refractivity (Wildman–Crippen MR) is 95.6 cm³/mol. The van der Waals surface area contributed by atoms with Crippen LogP contribution in [-0.2, 0) is 24.4 Å². The van der Waals surface area contributed by atoms with Crippen LogP contribution in [0.5, 0.6) is 0 Å². The fraction of sp³-hybridized carbons (Fsp3) is 0.526. The zero-order chi connectivity index (χ0) is 18.8. The van der Waals surface area contributed by atoms with Crippen LogP contribution in [-0.4, -0.2) is 40.0 Å². The lowest BCUT2D eigenvalue weighted by atomic mass is 9.75. The monoisotopic (exact) mass is 374 g/mol. The maximum atomic E-state index is 13.0. The summed E-state index contributed by atoms with van der Waals surface area (Å²) in [5, 5.41) is 11.4. The number of quaternary nitrogens is 2. The number of aromatic nitrogens is 3. The Labute approximate surface area is 157 Å². The molecule has 3 aliphatic rings. The van der Waals surface area contributed by atoms with Crippen molar-refractivity contribution in [2.75, 3.05) is 13.1 Å². The number of carbonyl (C=O) groups is 1. The second-order valence-electron chi connectivity index (χ2n) is 7.73. The summed E-state index contributed by atoms with van der Waals surface area (Å²) in [6, 6.07) is 6.77. The van der Waals surface area contributed by atoms with Crippen LogP contribution in [0.25, 0.3) is 0 Å². The lowest BCUT2D eigenvalue weighted by Crippen LogP contribution is -3.20. The average molecular weight is 374 g/mol. The molecular weight excluding hydrogens is 347 g/mol. The highest BCUT2D eigenvalue weighted by Gasteiger charge is 2.46. The van der Waals surface area contributed by atoms with Gasteiger partial charge in [0.15, 0.2) is 0 Å². The van der Waals surface area contributed by atoms with Gasteiger partial charge in [-0.15, -0.1) is 5.10 Å². The third kappa shape index (κ3) is 4.01. The number of fused-ring (bicyclic) bond motifs is 3. The largest absolute Gasteiger partial charge is 0.352 e. The number of benzene rings is 1. The number of amides is 1. The van der Waals surface area contributed by atoms with Crippen LogP contribution in [0.15, 0.2) is 30.5 Å². The minimum Gasteiger partial charge on any atom is -0.352 e. The molecule has 0 spiro atoms. The van der Waals surface area contributed by atoms with Gasteiger partial charge in [0.25, 0.3) is 0 Å².